The van der Waals surface area contributed by atoms with Gasteiger partial charge in [0.15, 0.2) is 0 Å². The van der Waals surface area contributed by atoms with Gasteiger partial charge in [-0.1, -0.05) is 13.8 Å². The van der Waals surface area contributed by atoms with Crippen LogP contribution in [0.25, 0.3) is 0 Å². The van der Waals surface area contributed by atoms with Gasteiger partial charge in [-0.2, -0.15) is 5.10 Å². The Balaban J connectivity index is 1.88. The van der Waals surface area contributed by atoms with Gasteiger partial charge in [0.05, 0.1) is 5.69 Å². The van der Waals surface area contributed by atoms with E-state index in [9.17, 15) is 0 Å². The van der Waals surface area contributed by atoms with Crippen LogP contribution in [0.5, 0.6) is 0 Å². The highest BCUT2D eigenvalue weighted by Gasteiger charge is 2.28. The highest BCUT2D eigenvalue weighted by molar-refractivity contribution is 5.02. The summed E-state index contributed by atoms with van der Waals surface area (Å²) in [6, 6.07) is 2.45. The number of aromatic nitrogens is 2. The van der Waals surface area contributed by atoms with Crippen molar-refractivity contribution in [3.8, 4) is 0 Å². The van der Waals surface area contributed by atoms with Crippen molar-refractivity contribution in [1.29, 1.82) is 0 Å². The third kappa shape index (κ3) is 3.80. The predicted octanol–water partition coefficient (Wildman–Crippen LogP) is 2.26. The molecule has 1 aromatic heterocycles. The van der Waals surface area contributed by atoms with Crippen LogP contribution in [0.1, 0.15) is 45.2 Å². The zero-order valence-corrected chi connectivity index (χ0v) is 12.5. The van der Waals surface area contributed by atoms with Crippen LogP contribution in [-0.2, 0) is 13.5 Å². The van der Waals surface area contributed by atoms with E-state index < -0.39 is 0 Å². The molecule has 1 fully saturated rings. The highest BCUT2D eigenvalue weighted by atomic mass is 15.3. The molecule has 0 aromatic carbocycles. The maximum Gasteiger partial charge on any atom is 0.0640 e. The molecule has 0 bridgehead atoms. The summed E-state index contributed by atoms with van der Waals surface area (Å²) in [5.41, 5.74) is 4.16. The van der Waals surface area contributed by atoms with Crippen molar-refractivity contribution >= 4 is 0 Å². The van der Waals surface area contributed by atoms with E-state index >= 15 is 0 Å². The lowest BCUT2D eigenvalue weighted by Crippen LogP contribution is -2.44. The number of aryl methyl sites for hydroxylation is 1. The molecule has 0 saturated heterocycles. The van der Waals surface area contributed by atoms with Gasteiger partial charge < -0.3 is 0 Å². The normalized spacial score (nSPS) is 25.7. The Bertz CT molecular complexity index is 377. The number of hydrogen-bond donors (Lipinski definition) is 2. The SMILES string of the molecule is CC(C)C1CCC(C(Cc2ccn(C)n2)NN)CC1. The van der Waals surface area contributed by atoms with Crippen molar-refractivity contribution in [1.82, 2.24) is 15.2 Å². The van der Waals surface area contributed by atoms with E-state index in [1.807, 2.05) is 17.9 Å². The maximum atomic E-state index is 5.77. The summed E-state index contributed by atoms with van der Waals surface area (Å²) in [5, 5.41) is 4.46. The summed E-state index contributed by atoms with van der Waals surface area (Å²) in [7, 11) is 1.96. The number of hydrogen-bond acceptors (Lipinski definition) is 3. The van der Waals surface area contributed by atoms with E-state index in [0.717, 1.165) is 24.0 Å². The Morgan fingerprint density at radius 1 is 1.32 bits per heavy atom. The standard InChI is InChI=1S/C15H28N4/c1-11(2)12-4-6-13(7-5-12)15(17-16)10-14-8-9-19(3)18-14/h8-9,11-13,15,17H,4-7,10,16H2,1-3H3. The Morgan fingerprint density at radius 2 is 1.95 bits per heavy atom. The average Bonchev–Trinajstić information content (AvgIpc) is 2.81. The first-order valence-electron chi connectivity index (χ1n) is 7.54. The van der Waals surface area contributed by atoms with Gasteiger partial charge in [-0.15, -0.1) is 0 Å². The molecule has 1 atom stereocenters. The number of hydrazine groups is 1. The zero-order chi connectivity index (χ0) is 13.8. The van der Waals surface area contributed by atoms with Crippen LogP contribution >= 0.6 is 0 Å². The van der Waals surface area contributed by atoms with Crippen LogP contribution in [0.3, 0.4) is 0 Å². The van der Waals surface area contributed by atoms with Crippen LogP contribution in [0, 0.1) is 17.8 Å². The quantitative estimate of drug-likeness (QED) is 0.633. The molecule has 19 heavy (non-hydrogen) atoms. The Morgan fingerprint density at radius 3 is 2.42 bits per heavy atom. The number of nitrogens with one attached hydrogen (secondary N) is 1. The zero-order valence-electron chi connectivity index (χ0n) is 12.5. The summed E-state index contributed by atoms with van der Waals surface area (Å²) in [6.45, 7) is 4.69. The largest absolute Gasteiger partial charge is 0.276 e. The fraction of sp³-hybridized carbons (Fsp3) is 0.800. The predicted molar refractivity (Wildman–Crippen MR) is 78.3 cm³/mol. The van der Waals surface area contributed by atoms with E-state index in [2.05, 4.69) is 30.4 Å². The molecule has 2 rings (SSSR count). The van der Waals surface area contributed by atoms with Gasteiger partial charge in [-0.3, -0.25) is 16.0 Å². The molecule has 4 heteroatoms. The van der Waals surface area contributed by atoms with E-state index in [-0.39, 0.29) is 0 Å². The smallest absolute Gasteiger partial charge is 0.0640 e. The lowest BCUT2D eigenvalue weighted by molar-refractivity contribution is 0.187. The molecule has 0 amide bonds. The summed E-state index contributed by atoms with van der Waals surface area (Å²) < 4.78 is 1.86. The van der Waals surface area contributed by atoms with Crippen molar-refractivity contribution in [2.75, 3.05) is 0 Å². The lowest BCUT2D eigenvalue weighted by Gasteiger charge is -2.35. The van der Waals surface area contributed by atoms with Crippen LogP contribution in [0.2, 0.25) is 0 Å². The minimum absolute atomic E-state index is 0.364. The van der Waals surface area contributed by atoms with E-state index in [1.165, 1.54) is 25.7 Å². The highest BCUT2D eigenvalue weighted by Crippen LogP contribution is 2.35. The Labute approximate surface area is 116 Å². The van der Waals surface area contributed by atoms with E-state index in [1.54, 1.807) is 0 Å². The van der Waals surface area contributed by atoms with Gasteiger partial charge in [0.1, 0.15) is 0 Å². The molecule has 1 saturated carbocycles. The lowest BCUT2D eigenvalue weighted by atomic mass is 9.74. The average molecular weight is 264 g/mol. The molecule has 1 heterocycles. The van der Waals surface area contributed by atoms with Crippen molar-refractivity contribution < 1.29 is 0 Å². The topological polar surface area (TPSA) is 55.9 Å². The maximum absolute atomic E-state index is 5.77. The van der Waals surface area contributed by atoms with Gasteiger partial charge in [-0.05, 0) is 49.5 Å². The van der Waals surface area contributed by atoms with Crippen LogP contribution < -0.4 is 11.3 Å². The first-order chi connectivity index (χ1) is 9.10. The van der Waals surface area contributed by atoms with Gasteiger partial charge in [0.2, 0.25) is 0 Å². The molecule has 1 aromatic rings. The summed E-state index contributed by atoms with van der Waals surface area (Å²) in [5.74, 6) is 8.19. The summed E-state index contributed by atoms with van der Waals surface area (Å²) in [4.78, 5) is 0. The monoisotopic (exact) mass is 264 g/mol. The van der Waals surface area contributed by atoms with Crippen molar-refractivity contribution in [2.24, 2.45) is 30.6 Å². The second kappa shape index (κ2) is 6.53. The number of nitrogens with two attached hydrogens (primary N) is 1. The molecular weight excluding hydrogens is 236 g/mol. The molecule has 0 radical (unpaired) electrons. The van der Waals surface area contributed by atoms with Crippen molar-refractivity contribution in [2.45, 2.75) is 52.0 Å². The summed E-state index contributed by atoms with van der Waals surface area (Å²) in [6.07, 6.45) is 8.23. The first-order valence-corrected chi connectivity index (χ1v) is 7.54. The van der Waals surface area contributed by atoms with E-state index in [4.69, 9.17) is 5.84 Å². The van der Waals surface area contributed by atoms with E-state index in [0.29, 0.717) is 12.0 Å². The molecule has 1 aliphatic carbocycles. The number of nitrogens with zero attached hydrogens (tertiary/aromatic N) is 2. The fourth-order valence-electron chi connectivity index (χ4n) is 3.37. The minimum Gasteiger partial charge on any atom is -0.276 e. The third-order valence-electron chi connectivity index (χ3n) is 4.74. The molecule has 1 unspecified atom stereocenters. The Kier molecular flexibility index (Phi) is 4.99. The molecule has 4 nitrogen and oxygen atoms in total. The van der Waals surface area contributed by atoms with Crippen LogP contribution in [-0.4, -0.2) is 15.8 Å². The molecule has 1 aliphatic rings. The molecule has 0 aliphatic heterocycles. The third-order valence-corrected chi connectivity index (χ3v) is 4.74. The van der Waals surface area contributed by atoms with Crippen LogP contribution in [0.15, 0.2) is 12.3 Å². The summed E-state index contributed by atoms with van der Waals surface area (Å²) >= 11 is 0. The van der Waals surface area contributed by atoms with Gasteiger partial charge in [0.25, 0.3) is 0 Å². The van der Waals surface area contributed by atoms with Crippen molar-refractivity contribution in [3.05, 3.63) is 18.0 Å². The molecule has 108 valence electrons. The van der Waals surface area contributed by atoms with Crippen molar-refractivity contribution in [3.63, 3.8) is 0 Å². The van der Waals surface area contributed by atoms with Gasteiger partial charge in [-0.25, -0.2) is 0 Å². The fourth-order valence-corrected chi connectivity index (χ4v) is 3.37. The second-order valence-corrected chi connectivity index (χ2v) is 6.38. The van der Waals surface area contributed by atoms with Gasteiger partial charge in [0, 0.05) is 25.7 Å². The molecule has 3 N–H and O–H groups in total. The minimum atomic E-state index is 0.364. The number of rotatable bonds is 5. The van der Waals surface area contributed by atoms with Crippen LogP contribution in [0.4, 0.5) is 0 Å². The first kappa shape index (κ1) is 14.5. The molecule has 0 spiro atoms. The molecular formula is C15H28N4. The second-order valence-electron chi connectivity index (χ2n) is 6.38. The van der Waals surface area contributed by atoms with Gasteiger partial charge >= 0.3 is 0 Å². The Hall–Kier alpha value is -0.870.